The van der Waals surface area contributed by atoms with Gasteiger partial charge in [0.1, 0.15) is 5.82 Å². The van der Waals surface area contributed by atoms with Gasteiger partial charge >= 0.3 is 0 Å². The molecule has 2 rings (SSSR count). The van der Waals surface area contributed by atoms with Crippen molar-refractivity contribution in [1.82, 2.24) is 15.3 Å². The molecule has 4 heteroatoms. The Balaban J connectivity index is 2.12. The van der Waals surface area contributed by atoms with Crippen LogP contribution in [0.4, 0.5) is 0 Å². The van der Waals surface area contributed by atoms with E-state index >= 15 is 0 Å². The van der Waals surface area contributed by atoms with Crippen molar-refractivity contribution in [3.63, 3.8) is 0 Å². The second kappa shape index (κ2) is 7.10. The number of aromatic nitrogens is 2. The number of fused-ring (bicyclic) bond motifs is 1. The van der Waals surface area contributed by atoms with Crippen LogP contribution < -0.4 is 5.32 Å². The molecule has 0 saturated heterocycles. The molecule has 3 nitrogen and oxygen atoms in total. The summed E-state index contributed by atoms with van der Waals surface area (Å²) in [5.41, 5.74) is 2.59. The molecule has 0 spiro atoms. The first-order valence-corrected chi connectivity index (χ1v) is 8.10. The van der Waals surface area contributed by atoms with Crippen molar-refractivity contribution in [3.8, 4) is 0 Å². The van der Waals surface area contributed by atoms with Crippen molar-refractivity contribution in [2.24, 2.45) is 0 Å². The van der Waals surface area contributed by atoms with E-state index in [2.05, 4.69) is 23.4 Å². The third-order valence-electron chi connectivity index (χ3n) is 3.41. The van der Waals surface area contributed by atoms with Crippen molar-refractivity contribution in [3.05, 3.63) is 23.3 Å². The Morgan fingerprint density at radius 2 is 2.33 bits per heavy atom. The summed E-state index contributed by atoms with van der Waals surface area (Å²) >= 11 is 1.93. The van der Waals surface area contributed by atoms with Crippen molar-refractivity contribution in [2.45, 2.75) is 50.8 Å². The van der Waals surface area contributed by atoms with Gasteiger partial charge in [0.05, 0.1) is 5.75 Å². The summed E-state index contributed by atoms with van der Waals surface area (Å²) in [6.07, 6.45) is 8.12. The molecule has 18 heavy (non-hydrogen) atoms. The first-order valence-electron chi connectivity index (χ1n) is 6.94. The van der Waals surface area contributed by atoms with Crippen LogP contribution in [0, 0.1) is 0 Å². The summed E-state index contributed by atoms with van der Waals surface area (Å²) in [6, 6.07) is 0.444. The summed E-state index contributed by atoms with van der Waals surface area (Å²) in [5, 5.41) is 3.39. The molecular weight excluding hydrogens is 242 g/mol. The van der Waals surface area contributed by atoms with Crippen LogP contribution in [0.1, 0.15) is 55.7 Å². The summed E-state index contributed by atoms with van der Waals surface area (Å²) in [4.78, 5) is 9.30. The molecule has 1 aromatic rings. The summed E-state index contributed by atoms with van der Waals surface area (Å²) in [5.74, 6) is 3.15. The maximum absolute atomic E-state index is 4.77. The second-order valence-corrected chi connectivity index (χ2v) is 5.93. The minimum absolute atomic E-state index is 0.444. The van der Waals surface area contributed by atoms with Gasteiger partial charge in [-0.3, -0.25) is 0 Å². The monoisotopic (exact) mass is 265 g/mol. The zero-order chi connectivity index (χ0) is 12.8. The summed E-state index contributed by atoms with van der Waals surface area (Å²) < 4.78 is 0. The smallest absolute Gasteiger partial charge is 0.138 e. The molecule has 1 N–H and O–H groups in total. The Kier molecular flexibility index (Phi) is 5.45. The predicted octanol–water partition coefficient (Wildman–Crippen LogP) is 3.11. The van der Waals surface area contributed by atoms with E-state index in [1.165, 1.54) is 42.7 Å². The minimum Gasteiger partial charge on any atom is -0.313 e. The van der Waals surface area contributed by atoms with Crippen molar-refractivity contribution < 1.29 is 0 Å². The Bertz CT molecular complexity index is 381. The molecule has 0 amide bonds. The molecule has 100 valence electrons. The molecule has 0 aromatic carbocycles. The number of hydrogen-bond acceptors (Lipinski definition) is 4. The van der Waals surface area contributed by atoms with Gasteiger partial charge in [0.2, 0.25) is 0 Å². The highest BCUT2D eigenvalue weighted by Gasteiger charge is 2.19. The van der Waals surface area contributed by atoms with E-state index in [1.807, 2.05) is 18.8 Å². The van der Waals surface area contributed by atoms with Gasteiger partial charge in [-0.15, -0.1) is 0 Å². The maximum atomic E-state index is 4.77. The molecule has 1 aliphatic rings. The lowest BCUT2D eigenvalue weighted by Crippen LogP contribution is -2.18. The molecule has 1 atom stereocenters. The van der Waals surface area contributed by atoms with Crippen LogP contribution in [0.3, 0.4) is 0 Å². The van der Waals surface area contributed by atoms with E-state index in [4.69, 9.17) is 4.98 Å². The Labute approximate surface area is 114 Å². The van der Waals surface area contributed by atoms with Gasteiger partial charge in [-0.1, -0.05) is 13.3 Å². The summed E-state index contributed by atoms with van der Waals surface area (Å²) in [7, 11) is 2.03. The predicted molar refractivity (Wildman–Crippen MR) is 77.8 cm³/mol. The van der Waals surface area contributed by atoms with Gasteiger partial charge in [-0.25, -0.2) is 9.97 Å². The van der Waals surface area contributed by atoms with Gasteiger partial charge < -0.3 is 5.32 Å². The van der Waals surface area contributed by atoms with E-state index in [0.29, 0.717) is 6.04 Å². The fourth-order valence-corrected chi connectivity index (χ4v) is 3.19. The van der Waals surface area contributed by atoms with Crippen LogP contribution in [0.15, 0.2) is 6.20 Å². The SMILES string of the molecule is CCCSCc1ncc2c(n1)CCCCC2NC. The van der Waals surface area contributed by atoms with Crippen molar-refractivity contribution in [1.29, 1.82) is 0 Å². The van der Waals surface area contributed by atoms with E-state index in [9.17, 15) is 0 Å². The lowest BCUT2D eigenvalue weighted by atomic mass is 10.1. The average molecular weight is 265 g/mol. The van der Waals surface area contributed by atoms with Crippen molar-refractivity contribution in [2.75, 3.05) is 12.8 Å². The first kappa shape index (κ1) is 13.8. The number of aryl methyl sites for hydroxylation is 1. The van der Waals surface area contributed by atoms with E-state index < -0.39 is 0 Å². The lowest BCUT2D eigenvalue weighted by Gasteiger charge is -2.16. The molecule has 0 radical (unpaired) electrons. The van der Waals surface area contributed by atoms with Gasteiger partial charge in [0.25, 0.3) is 0 Å². The van der Waals surface area contributed by atoms with E-state index in [0.717, 1.165) is 18.0 Å². The number of thioether (sulfide) groups is 1. The fourth-order valence-electron chi connectivity index (χ4n) is 2.43. The number of rotatable bonds is 5. The van der Waals surface area contributed by atoms with Gasteiger partial charge in [0, 0.05) is 23.5 Å². The molecule has 1 aromatic heterocycles. The molecule has 0 bridgehead atoms. The Morgan fingerprint density at radius 3 is 3.11 bits per heavy atom. The van der Waals surface area contributed by atoms with Crippen LogP contribution in [0.2, 0.25) is 0 Å². The van der Waals surface area contributed by atoms with E-state index in [-0.39, 0.29) is 0 Å². The molecule has 1 unspecified atom stereocenters. The number of nitrogens with zero attached hydrogens (tertiary/aromatic N) is 2. The van der Waals surface area contributed by atoms with Crippen molar-refractivity contribution >= 4 is 11.8 Å². The zero-order valence-corrected chi connectivity index (χ0v) is 12.2. The topological polar surface area (TPSA) is 37.8 Å². The Hall–Kier alpha value is -0.610. The molecule has 0 saturated carbocycles. The van der Waals surface area contributed by atoms with Crippen LogP contribution >= 0.6 is 11.8 Å². The molecule has 0 fully saturated rings. The highest BCUT2D eigenvalue weighted by atomic mass is 32.2. The number of nitrogens with one attached hydrogen (secondary N) is 1. The zero-order valence-electron chi connectivity index (χ0n) is 11.4. The van der Waals surface area contributed by atoms with Gasteiger partial charge in [-0.2, -0.15) is 11.8 Å². The van der Waals surface area contributed by atoms with Crippen LogP contribution in [0.5, 0.6) is 0 Å². The largest absolute Gasteiger partial charge is 0.313 e. The fraction of sp³-hybridized carbons (Fsp3) is 0.714. The van der Waals surface area contributed by atoms with E-state index in [1.54, 1.807) is 0 Å². The van der Waals surface area contributed by atoms with Crippen LogP contribution in [0.25, 0.3) is 0 Å². The van der Waals surface area contributed by atoms with Gasteiger partial charge in [-0.05, 0) is 38.5 Å². The maximum Gasteiger partial charge on any atom is 0.138 e. The summed E-state index contributed by atoms with van der Waals surface area (Å²) in [6.45, 7) is 2.21. The quantitative estimate of drug-likeness (QED) is 0.656. The standard InChI is InChI=1S/C14H23N3S/c1-3-8-18-10-14-16-9-11-12(15-2)6-4-5-7-13(11)17-14/h9,12,15H,3-8,10H2,1-2H3. The average Bonchev–Trinajstić information content (AvgIpc) is 2.60. The van der Waals surface area contributed by atoms with Gasteiger partial charge in [0.15, 0.2) is 0 Å². The molecule has 0 aliphatic heterocycles. The third-order valence-corrected chi connectivity index (χ3v) is 4.57. The first-order chi connectivity index (χ1) is 8.85. The molecule has 1 aliphatic carbocycles. The van der Waals surface area contributed by atoms with Crippen LogP contribution in [-0.4, -0.2) is 22.8 Å². The lowest BCUT2D eigenvalue weighted by molar-refractivity contribution is 0.531. The highest BCUT2D eigenvalue weighted by Crippen LogP contribution is 2.27. The number of hydrogen-bond donors (Lipinski definition) is 1. The molecular formula is C14H23N3S. The highest BCUT2D eigenvalue weighted by molar-refractivity contribution is 7.98. The van der Waals surface area contributed by atoms with Crippen LogP contribution in [-0.2, 0) is 12.2 Å². The third kappa shape index (κ3) is 3.45. The molecule has 1 heterocycles. The minimum atomic E-state index is 0.444. The normalized spacial score (nSPS) is 19.3. The Morgan fingerprint density at radius 1 is 1.44 bits per heavy atom. The second-order valence-electron chi connectivity index (χ2n) is 4.83.